The van der Waals surface area contributed by atoms with Gasteiger partial charge >= 0.3 is 0 Å². The summed E-state index contributed by atoms with van der Waals surface area (Å²) in [7, 11) is 0. The third kappa shape index (κ3) is 4.90. The van der Waals surface area contributed by atoms with Crippen molar-refractivity contribution in [2.75, 3.05) is 41.3 Å². The second-order valence-corrected chi connectivity index (χ2v) is 7.07. The van der Waals surface area contributed by atoms with Crippen molar-refractivity contribution in [2.45, 2.75) is 6.42 Å². The van der Waals surface area contributed by atoms with E-state index in [9.17, 15) is 9.18 Å². The van der Waals surface area contributed by atoms with Crippen LogP contribution in [0.15, 0.2) is 72.9 Å². The van der Waals surface area contributed by atoms with E-state index in [1.807, 2.05) is 18.2 Å². The number of carbonyl (C=O) groups excluding carboxylic acids is 1. The molecule has 0 saturated carbocycles. The summed E-state index contributed by atoms with van der Waals surface area (Å²) < 4.78 is 13.2. The molecule has 1 aromatic heterocycles. The number of aromatic nitrogens is 1. The van der Waals surface area contributed by atoms with Gasteiger partial charge in [0, 0.05) is 31.9 Å². The number of benzene rings is 2. The Kier molecular flexibility index (Phi) is 5.70. The van der Waals surface area contributed by atoms with Crippen molar-refractivity contribution in [1.29, 1.82) is 0 Å². The minimum atomic E-state index is -0.342. The van der Waals surface area contributed by atoms with E-state index in [2.05, 4.69) is 44.4 Å². The number of amides is 1. The molecule has 29 heavy (non-hydrogen) atoms. The van der Waals surface area contributed by atoms with Crippen LogP contribution in [-0.2, 0) is 11.2 Å². The third-order valence-corrected chi connectivity index (χ3v) is 5.04. The number of hydrogen-bond donors (Lipinski definition) is 1. The van der Waals surface area contributed by atoms with E-state index in [-0.39, 0.29) is 18.1 Å². The van der Waals surface area contributed by atoms with Gasteiger partial charge in [-0.05, 0) is 42.0 Å². The molecule has 5 nitrogen and oxygen atoms in total. The maximum absolute atomic E-state index is 13.2. The Labute approximate surface area is 169 Å². The molecule has 4 rings (SSSR count). The summed E-state index contributed by atoms with van der Waals surface area (Å²) in [5.41, 5.74) is 2.93. The molecule has 1 aliphatic rings. The molecule has 1 fully saturated rings. The topological polar surface area (TPSA) is 48.5 Å². The highest BCUT2D eigenvalue weighted by atomic mass is 19.1. The normalized spacial score (nSPS) is 14.0. The van der Waals surface area contributed by atoms with Crippen molar-refractivity contribution in [1.82, 2.24) is 4.98 Å². The molecule has 1 saturated heterocycles. The van der Waals surface area contributed by atoms with Crippen LogP contribution in [0.4, 0.5) is 21.6 Å². The van der Waals surface area contributed by atoms with Gasteiger partial charge in [0.2, 0.25) is 5.91 Å². The molecular weight excluding hydrogens is 367 g/mol. The molecule has 3 aromatic rings. The van der Waals surface area contributed by atoms with Gasteiger partial charge in [-0.25, -0.2) is 9.37 Å². The zero-order chi connectivity index (χ0) is 20.1. The molecule has 6 heteroatoms. The smallest absolute Gasteiger partial charge is 0.229 e. The summed E-state index contributed by atoms with van der Waals surface area (Å²) in [4.78, 5) is 21.2. The number of nitrogens with one attached hydrogen (secondary N) is 1. The average Bonchev–Trinajstić information content (AvgIpc) is 2.75. The minimum Gasteiger partial charge on any atom is -0.368 e. The lowest BCUT2D eigenvalue weighted by Crippen LogP contribution is -2.46. The molecule has 148 valence electrons. The van der Waals surface area contributed by atoms with Gasteiger partial charge in [0.1, 0.15) is 11.6 Å². The monoisotopic (exact) mass is 390 g/mol. The van der Waals surface area contributed by atoms with E-state index in [1.54, 1.807) is 18.3 Å². The lowest BCUT2D eigenvalue weighted by Gasteiger charge is -2.37. The van der Waals surface area contributed by atoms with E-state index < -0.39 is 0 Å². The van der Waals surface area contributed by atoms with Gasteiger partial charge in [-0.1, -0.05) is 30.3 Å². The van der Waals surface area contributed by atoms with Crippen LogP contribution < -0.4 is 15.1 Å². The Morgan fingerprint density at radius 1 is 0.897 bits per heavy atom. The Morgan fingerprint density at radius 2 is 1.62 bits per heavy atom. The number of carbonyl (C=O) groups is 1. The number of piperazine rings is 1. The summed E-state index contributed by atoms with van der Waals surface area (Å²) in [5.74, 6) is -0.0597. The highest BCUT2D eigenvalue weighted by Gasteiger charge is 2.17. The zero-order valence-electron chi connectivity index (χ0n) is 16.1. The highest BCUT2D eigenvalue weighted by molar-refractivity contribution is 5.91. The first-order valence-electron chi connectivity index (χ1n) is 9.73. The van der Waals surface area contributed by atoms with Crippen molar-refractivity contribution in [3.63, 3.8) is 0 Å². The third-order valence-electron chi connectivity index (χ3n) is 5.04. The maximum atomic E-state index is 13.2. The molecule has 1 amide bonds. The van der Waals surface area contributed by atoms with Crippen molar-refractivity contribution in [2.24, 2.45) is 0 Å². The number of rotatable bonds is 5. The molecule has 0 atom stereocenters. The van der Waals surface area contributed by atoms with Gasteiger partial charge in [0.15, 0.2) is 0 Å². The summed E-state index contributed by atoms with van der Waals surface area (Å²) in [6, 6.07) is 20.3. The first-order chi connectivity index (χ1) is 14.2. The predicted molar refractivity (Wildman–Crippen MR) is 114 cm³/mol. The van der Waals surface area contributed by atoms with Gasteiger partial charge < -0.3 is 15.1 Å². The van der Waals surface area contributed by atoms with Gasteiger partial charge in [0.25, 0.3) is 0 Å². The molecule has 1 aliphatic heterocycles. The fourth-order valence-corrected chi connectivity index (χ4v) is 3.53. The fraction of sp³-hybridized carbons (Fsp3) is 0.217. The Morgan fingerprint density at radius 3 is 2.28 bits per heavy atom. The van der Waals surface area contributed by atoms with Crippen molar-refractivity contribution in [3.8, 4) is 0 Å². The highest BCUT2D eigenvalue weighted by Crippen LogP contribution is 2.20. The van der Waals surface area contributed by atoms with Crippen molar-refractivity contribution in [3.05, 3.63) is 84.3 Å². The van der Waals surface area contributed by atoms with E-state index in [0.717, 1.165) is 31.9 Å². The number of nitrogens with zero attached hydrogens (tertiary/aromatic N) is 3. The quantitative estimate of drug-likeness (QED) is 0.721. The summed E-state index contributed by atoms with van der Waals surface area (Å²) >= 11 is 0. The van der Waals surface area contributed by atoms with Gasteiger partial charge in [-0.3, -0.25) is 4.79 Å². The molecule has 0 spiro atoms. The van der Waals surface area contributed by atoms with Crippen molar-refractivity contribution < 1.29 is 9.18 Å². The van der Waals surface area contributed by atoms with Crippen LogP contribution in [0.1, 0.15) is 5.56 Å². The van der Waals surface area contributed by atoms with Crippen LogP contribution in [0.5, 0.6) is 0 Å². The van der Waals surface area contributed by atoms with E-state index in [0.29, 0.717) is 11.4 Å². The average molecular weight is 390 g/mol. The molecule has 0 bridgehead atoms. The molecule has 2 aromatic carbocycles. The van der Waals surface area contributed by atoms with E-state index in [4.69, 9.17) is 0 Å². The second kappa shape index (κ2) is 8.73. The van der Waals surface area contributed by atoms with Crippen LogP contribution in [0.25, 0.3) is 0 Å². The van der Waals surface area contributed by atoms with Crippen LogP contribution in [0.3, 0.4) is 0 Å². The first kappa shape index (κ1) is 18.9. The Balaban J connectivity index is 1.31. The van der Waals surface area contributed by atoms with Crippen molar-refractivity contribution >= 4 is 23.1 Å². The number of para-hydroxylation sites is 1. The molecular formula is C23H23FN4O. The number of hydrogen-bond acceptors (Lipinski definition) is 4. The molecule has 0 unspecified atom stereocenters. The van der Waals surface area contributed by atoms with Gasteiger partial charge in [0.05, 0.1) is 18.3 Å². The fourth-order valence-electron chi connectivity index (χ4n) is 3.53. The molecule has 0 radical (unpaired) electrons. The molecule has 0 aliphatic carbocycles. The number of halogens is 1. The lowest BCUT2D eigenvalue weighted by atomic mass is 10.1. The molecule has 2 heterocycles. The Bertz CT molecular complexity index is 954. The van der Waals surface area contributed by atoms with Crippen LogP contribution in [0.2, 0.25) is 0 Å². The standard InChI is InChI=1S/C23H23FN4O/c24-19-6-4-5-18(15-19)16-23(29)26-22-10-9-21(17-25-22)28-13-11-27(12-14-28)20-7-2-1-3-8-20/h1-10,15,17H,11-14,16H2,(H,25,26,29). The lowest BCUT2D eigenvalue weighted by molar-refractivity contribution is -0.115. The van der Waals surface area contributed by atoms with E-state index >= 15 is 0 Å². The summed E-state index contributed by atoms with van der Waals surface area (Å²) in [6.07, 6.45) is 1.90. The first-order valence-corrected chi connectivity index (χ1v) is 9.73. The van der Waals surface area contributed by atoms with Crippen LogP contribution in [0, 0.1) is 5.82 Å². The number of pyridine rings is 1. The molecule has 1 N–H and O–H groups in total. The maximum Gasteiger partial charge on any atom is 0.229 e. The Hall–Kier alpha value is -3.41. The largest absolute Gasteiger partial charge is 0.368 e. The summed E-state index contributed by atoms with van der Waals surface area (Å²) in [6.45, 7) is 3.75. The SMILES string of the molecule is O=C(Cc1cccc(F)c1)Nc1ccc(N2CCN(c3ccccc3)CC2)cn1. The van der Waals surface area contributed by atoms with Gasteiger partial charge in [-0.2, -0.15) is 0 Å². The van der Waals surface area contributed by atoms with Crippen LogP contribution >= 0.6 is 0 Å². The minimum absolute atomic E-state index is 0.114. The second-order valence-electron chi connectivity index (χ2n) is 7.07. The zero-order valence-corrected chi connectivity index (χ0v) is 16.1. The van der Waals surface area contributed by atoms with Gasteiger partial charge in [-0.15, -0.1) is 0 Å². The summed E-state index contributed by atoms with van der Waals surface area (Å²) in [5, 5.41) is 2.77. The van der Waals surface area contributed by atoms with E-state index in [1.165, 1.54) is 17.8 Å². The number of anilines is 3. The van der Waals surface area contributed by atoms with Crippen LogP contribution in [-0.4, -0.2) is 37.1 Å². The predicted octanol–water partition coefficient (Wildman–Crippen LogP) is 3.73.